The number of hydrogen-bond donors (Lipinski definition) is 0. The quantitative estimate of drug-likeness (QED) is 0.647. The zero-order valence-electron chi connectivity index (χ0n) is 8.64. The van der Waals surface area contributed by atoms with Crippen molar-refractivity contribution in [2.24, 2.45) is 5.41 Å². The molecule has 0 spiro atoms. The molecule has 1 rings (SSSR count). The summed E-state index contributed by atoms with van der Waals surface area (Å²) >= 11 is 0. The number of rotatable bonds is 4. The van der Waals surface area contributed by atoms with Gasteiger partial charge in [-0.15, -0.1) is 0 Å². The fourth-order valence-electron chi connectivity index (χ4n) is 1.01. The van der Waals surface area contributed by atoms with E-state index in [1.165, 1.54) is 0 Å². The third-order valence-corrected chi connectivity index (χ3v) is 2.56. The van der Waals surface area contributed by atoms with E-state index in [4.69, 9.17) is 9.47 Å². The van der Waals surface area contributed by atoms with Crippen LogP contribution in [0.25, 0.3) is 0 Å². The molecule has 0 aromatic rings. The Labute approximate surface area is 75.2 Å². The predicted octanol–water partition coefficient (Wildman–Crippen LogP) is 2.23. The monoisotopic (exact) mass is 172 g/mol. The molecule has 0 unspecified atom stereocenters. The van der Waals surface area contributed by atoms with Crippen LogP contribution in [0.3, 0.4) is 0 Å². The lowest BCUT2D eigenvalue weighted by Crippen LogP contribution is -2.45. The lowest BCUT2D eigenvalue weighted by molar-refractivity contribution is -0.164. The molecule has 1 heterocycles. The summed E-state index contributed by atoms with van der Waals surface area (Å²) < 4.78 is 11.0. The van der Waals surface area contributed by atoms with Gasteiger partial charge in [-0.05, 0) is 20.3 Å². The average Bonchev–Trinajstić information content (AvgIpc) is 1.98. The maximum absolute atomic E-state index is 5.81. The fraction of sp³-hybridized carbons (Fsp3) is 1.00. The van der Waals surface area contributed by atoms with E-state index in [9.17, 15) is 0 Å². The molecule has 1 aliphatic rings. The van der Waals surface area contributed by atoms with E-state index >= 15 is 0 Å². The molecule has 0 aliphatic carbocycles. The van der Waals surface area contributed by atoms with Crippen molar-refractivity contribution in [2.75, 3.05) is 19.8 Å². The minimum atomic E-state index is 0.0264. The Morgan fingerprint density at radius 3 is 2.33 bits per heavy atom. The maximum Gasteiger partial charge on any atom is 0.0624 e. The van der Waals surface area contributed by atoms with Crippen molar-refractivity contribution in [3.63, 3.8) is 0 Å². The molecule has 0 saturated carbocycles. The van der Waals surface area contributed by atoms with E-state index in [2.05, 4.69) is 27.7 Å². The van der Waals surface area contributed by atoms with Gasteiger partial charge < -0.3 is 9.47 Å². The van der Waals surface area contributed by atoms with Gasteiger partial charge in [0.25, 0.3) is 0 Å². The van der Waals surface area contributed by atoms with Gasteiger partial charge in [0.15, 0.2) is 0 Å². The van der Waals surface area contributed by atoms with Gasteiger partial charge in [-0.25, -0.2) is 0 Å². The lowest BCUT2D eigenvalue weighted by atomic mass is 9.89. The molecule has 0 atom stereocenters. The number of hydrogen-bond acceptors (Lipinski definition) is 2. The van der Waals surface area contributed by atoms with Crippen LogP contribution in [0.4, 0.5) is 0 Å². The van der Waals surface area contributed by atoms with Crippen LogP contribution in [0, 0.1) is 5.41 Å². The zero-order chi connectivity index (χ0) is 9.24. The van der Waals surface area contributed by atoms with Crippen LogP contribution in [-0.4, -0.2) is 25.4 Å². The second kappa shape index (κ2) is 3.35. The minimum absolute atomic E-state index is 0.0264. The fourth-order valence-corrected chi connectivity index (χ4v) is 1.01. The molecule has 0 radical (unpaired) electrons. The van der Waals surface area contributed by atoms with E-state index in [1.54, 1.807) is 0 Å². The van der Waals surface area contributed by atoms with Crippen LogP contribution in [0.5, 0.6) is 0 Å². The van der Waals surface area contributed by atoms with Gasteiger partial charge in [0, 0.05) is 5.41 Å². The standard InChI is InChI=1S/C10H20O2/c1-5-9(2,3)12-8-10(4)6-11-7-10/h5-8H2,1-4H3. The number of ether oxygens (including phenoxy) is 2. The summed E-state index contributed by atoms with van der Waals surface area (Å²) in [6, 6.07) is 0. The first kappa shape index (κ1) is 10.0. The van der Waals surface area contributed by atoms with Crippen molar-refractivity contribution in [2.45, 2.75) is 39.7 Å². The van der Waals surface area contributed by atoms with Crippen molar-refractivity contribution in [1.29, 1.82) is 0 Å². The Morgan fingerprint density at radius 2 is 2.00 bits per heavy atom. The van der Waals surface area contributed by atoms with Gasteiger partial charge >= 0.3 is 0 Å². The third kappa shape index (κ3) is 2.46. The summed E-state index contributed by atoms with van der Waals surface area (Å²) in [4.78, 5) is 0. The molecular formula is C10H20O2. The van der Waals surface area contributed by atoms with Crippen molar-refractivity contribution in [3.05, 3.63) is 0 Å². The molecule has 12 heavy (non-hydrogen) atoms. The molecule has 72 valence electrons. The van der Waals surface area contributed by atoms with Gasteiger partial charge in [0.05, 0.1) is 25.4 Å². The molecule has 2 heteroatoms. The normalized spacial score (nSPS) is 22.0. The highest BCUT2D eigenvalue weighted by molar-refractivity contribution is 4.81. The molecule has 0 amide bonds. The molecule has 1 aliphatic heterocycles. The molecule has 1 saturated heterocycles. The summed E-state index contributed by atoms with van der Waals surface area (Å²) in [6.07, 6.45) is 1.06. The summed E-state index contributed by atoms with van der Waals surface area (Å²) in [6.45, 7) is 11.2. The molecule has 0 N–H and O–H groups in total. The van der Waals surface area contributed by atoms with E-state index in [0.717, 1.165) is 26.2 Å². The summed E-state index contributed by atoms with van der Waals surface area (Å²) in [5, 5.41) is 0. The zero-order valence-corrected chi connectivity index (χ0v) is 8.64. The van der Waals surface area contributed by atoms with E-state index < -0.39 is 0 Å². The predicted molar refractivity (Wildman–Crippen MR) is 49.2 cm³/mol. The van der Waals surface area contributed by atoms with E-state index in [1.807, 2.05) is 0 Å². The molecular weight excluding hydrogens is 152 g/mol. The molecule has 1 fully saturated rings. The van der Waals surface area contributed by atoms with E-state index in [0.29, 0.717) is 0 Å². The van der Waals surface area contributed by atoms with Crippen molar-refractivity contribution >= 4 is 0 Å². The lowest BCUT2D eigenvalue weighted by Gasteiger charge is -2.40. The van der Waals surface area contributed by atoms with Crippen LogP contribution in [-0.2, 0) is 9.47 Å². The Kier molecular flexibility index (Phi) is 2.79. The summed E-state index contributed by atoms with van der Waals surface area (Å²) in [7, 11) is 0. The Bertz CT molecular complexity index is 136. The average molecular weight is 172 g/mol. The van der Waals surface area contributed by atoms with Gasteiger partial charge in [0.1, 0.15) is 0 Å². The highest BCUT2D eigenvalue weighted by Crippen LogP contribution is 2.29. The largest absolute Gasteiger partial charge is 0.380 e. The first-order valence-electron chi connectivity index (χ1n) is 4.69. The van der Waals surface area contributed by atoms with Gasteiger partial charge in [0.2, 0.25) is 0 Å². The second-order valence-electron chi connectivity index (χ2n) is 4.71. The maximum atomic E-state index is 5.81. The third-order valence-electron chi connectivity index (χ3n) is 2.56. The Morgan fingerprint density at radius 1 is 1.42 bits per heavy atom. The van der Waals surface area contributed by atoms with Crippen LogP contribution in [0.15, 0.2) is 0 Å². The van der Waals surface area contributed by atoms with Crippen molar-refractivity contribution < 1.29 is 9.47 Å². The van der Waals surface area contributed by atoms with Gasteiger partial charge in [-0.2, -0.15) is 0 Å². The topological polar surface area (TPSA) is 18.5 Å². The molecule has 2 nitrogen and oxygen atoms in total. The smallest absolute Gasteiger partial charge is 0.0624 e. The molecule has 0 aromatic carbocycles. The highest BCUT2D eigenvalue weighted by atomic mass is 16.5. The van der Waals surface area contributed by atoms with Crippen molar-refractivity contribution in [3.8, 4) is 0 Å². The van der Waals surface area contributed by atoms with Gasteiger partial charge in [-0.3, -0.25) is 0 Å². The minimum Gasteiger partial charge on any atom is -0.380 e. The summed E-state index contributed by atoms with van der Waals surface area (Å²) in [5.74, 6) is 0. The Balaban J connectivity index is 2.24. The van der Waals surface area contributed by atoms with Crippen molar-refractivity contribution in [1.82, 2.24) is 0 Å². The van der Waals surface area contributed by atoms with Crippen LogP contribution >= 0.6 is 0 Å². The molecule has 0 aromatic heterocycles. The van der Waals surface area contributed by atoms with Crippen LogP contribution in [0.1, 0.15) is 34.1 Å². The first-order valence-corrected chi connectivity index (χ1v) is 4.69. The Hall–Kier alpha value is -0.0800. The van der Waals surface area contributed by atoms with Crippen LogP contribution < -0.4 is 0 Å². The second-order valence-corrected chi connectivity index (χ2v) is 4.71. The van der Waals surface area contributed by atoms with Crippen LogP contribution in [0.2, 0.25) is 0 Å². The highest BCUT2D eigenvalue weighted by Gasteiger charge is 2.35. The van der Waals surface area contributed by atoms with E-state index in [-0.39, 0.29) is 11.0 Å². The first-order chi connectivity index (χ1) is 5.47. The van der Waals surface area contributed by atoms with Gasteiger partial charge in [-0.1, -0.05) is 13.8 Å². The molecule has 0 bridgehead atoms. The SMILES string of the molecule is CCC(C)(C)OCC1(C)COC1. The summed E-state index contributed by atoms with van der Waals surface area (Å²) in [5.41, 5.74) is 0.311.